The number of halogens is 2. The summed E-state index contributed by atoms with van der Waals surface area (Å²) < 4.78 is 49.0. The molecule has 1 saturated heterocycles. The van der Waals surface area contributed by atoms with Gasteiger partial charge in [0.05, 0.1) is 17.2 Å². The lowest BCUT2D eigenvalue weighted by Crippen LogP contribution is -2.23. The maximum absolute atomic E-state index is 13.5. The van der Waals surface area contributed by atoms with Gasteiger partial charge in [0.1, 0.15) is 11.6 Å². The summed E-state index contributed by atoms with van der Waals surface area (Å²) in [5, 5.41) is 3.77. The van der Waals surface area contributed by atoms with Gasteiger partial charge in [0.15, 0.2) is 9.84 Å². The molecule has 1 aliphatic rings. The van der Waals surface area contributed by atoms with Gasteiger partial charge < -0.3 is 0 Å². The van der Waals surface area contributed by atoms with Crippen LogP contribution in [0.15, 0.2) is 23.3 Å². The lowest BCUT2D eigenvalue weighted by Gasteiger charge is -2.07. The second-order valence-electron chi connectivity index (χ2n) is 5.33. The monoisotopic (exact) mass is 330 g/mol. The number of nitrogens with one attached hydrogen (secondary N) is 1. The van der Waals surface area contributed by atoms with E-state index in [1.165, 1.54) is 13.0 Å². The summed E-state index contributed by atoms with van der Waals surface area (Å²) in [7, 11) is -3.03. The van der Waals surface area contributed by atoms with Gasteiger partial charge in [0.2, 0.25) is 5.91 Å². The molecule has 0 spiro atoms. The van der Waals surface area contributed by atoms with Crippen molar-refractivity contribution in [1.82, 2.24) is 5.43 Å². The van der Waals surface area contributed by atoms with Crippen LogP contribution in [0.1, 0.15) is 25.3 Å². The minimum Gasteiger partial charge on any atom is -0.273 e. The molecule has 2 rings (SSSR count). The van der Waals surface area contributed by atoms with Crippen molar-refractivity contribution in [2.45, 2.75) is 19.8 Å². The SMILES string of the molecule is C/C(=N/NC(=O)C[C@H]1CCS(=O)(=O)C1)c1ccc(F)cc1F. The van der Waals surface area contributed by atoms with Crippen molar-refractivity contribution in [3.63, 3.8) is 0 Å². The molecule has 0 radical (unpaired) electrons. The smallest absolute Gasteiger partial charge is 0.240 e. The minimum absolute atomic E-state index is 0.00963. The minimum atomic E-state index is -3.03. The van der Waals surface area contributed by atoms with Crippen LogP contribution >= 0.6 is 0 Å². The van der Waals surface area contributed by atoms with Gasteiger partial charge in [-0.05, 0) is 31.4 Å². The standard InChI is InChI=1S/C14H16F2N2O3S/c1-9(12-3-2-11(15)7-13(12)16)17-18-14(19)6-10-4-5-22(20,21)8-10/h2-3,7,10H,4-6,8H2,1H3,(H,18,19)/b17-9-/t10-/m1/s1. The summed E-state index contributed by atoms with van der Waals surface area (Å²) in [6, 6.07) is 3.07. The van der Waals surface area contributed by atoms with Crippen molar-refractivity contribution in [3.8, 4) is 0 Å². The van der Waals surface area contributed by atoms with E-state index < -0.39 is 27.4 Å². The number of hydrogen-bond acceptors (Lipinski definition) is 4. The van der Waals surface area contributed by atoms with E-state index in [-0.39, 0.29) is 35.1 Å². The number of nitrogens with zero attached hydrogens (tertiary/aromatic N) is 1. The van der Waals surface area contributed by atoms with Gasteiger partial charge in [0.25, 0.3) is 0 Å². The van der Waals surface area contributed by atoms with Gasteiger partial charge in [0, 0.05) is 18.1 Å². The highest BCUT2D eigenvalue weighted by Gasteiger charge is 2.29. The van der Waals surface area contributed by atoms with Crippen molar-refractivity contribution < 1.29 is 22.0 Å². The summed E-state index contributed by atoms with van der Waals surface area (Å²) >= 11 is 0. The van der Waals surface area contributed by atoms with Crippen LogP contribution in [0.25, 0.3) is 0 Å². The fourth-order valence-electron chi connectivity index (χ4n) is 2.33. The normalized spacial score (nSPS) is 20.9. The molecule has 22 heavy (non-hydrogen) atoms. The highest BCUT2D eigenvalue weighted by Crippen LogP contribution is 2.21. The van der Waals surface area contributed by atoms with Crippen LogP contribution in [0.3, 0.4) is 0 Å². The first-order chi connectivity index (χ1) is 10.3. The zero-order valence-electron chi connectivity index (χ0n) is 12.0. The number of amides is 1. The summed E-state index contributed by atoms with van der Waals surface area (Å²) in [6.07, 6.45) is 0.521. The van der Waals surface area contributed by atoms with E-state index in [4.69, 9.17) is 0 Å². The van der Waals surface area contributed by atoms with Crippen LogP contribution < -0.4 is 5.43 Å². The molecule has 1 fully saturated rings. The molecule has 120 valence electrons. The maximum atomic E-state index is 13.5. The first kappa shape index (κ1) is 16.5. The molecule has 5 nitrogen and oxygen atoms in total. The number of hydrazone groups is 1. The Morgan fingerprint density at radius 3 is 2.73 bits per heavy atom. The van der Waals surface area contributed by atoms with Crippen molar-refractivity contribution in [2.24, 2.45) is 11.0 Å². The molecule has 1 N–H and O–H groups in total. The third-order valence-corrected chi connectivity index (χ3v) is 5.31. The Kier molecular flexibility index (Phi) is 4.90. The van der Waals surface area contributed by atoms with E-state index in [1.54, 1.807) is 0 Å². The second kappa shape index (κ2) is 6.51. The highest BCUT2D eigenvalue weighted by molar-refractivity contribution is 7.91. The topological polar surface area (TPSA) is 75.6 Å². The van der Waals surface area contributed by atoms with E-state index in [0.29, 0.717) is 6.42 Å². The van der Waals surface area contributed by atoms with Crippen LogP contribution in [0.5, 0.6) is 0 Å². The molecule has 1 atom stereocenters. The molecule has 1 heterocycles. The van der Waals surface area contributed by atoms with Gasteiger partial charge in [-0.25, -0.2) is 22.6 Å². The van der Waals surface area contributed by atoms with Crippen LogP contribution in [0.4, 0.5) is 8.78 Å². The number of carbonyl (C=O) groups is 1. The largest absolute Gasteiger partial charge is 0.273 e. The van der Waals surface area contributed by atoms with Crippen molar-refractivity contribution in [2.75, 3.05) is 11.5 Å². The van der Waals surface area contributed by atoms with Crippen LogP contribution in [-0.2, 0) is 14.6 Å². The molecule has 1 aromatic carbocycles. The highest BCUT2D eigenvalue weighted by atomic mass is 32.2. The summed E-state index contributed by atoms with van der Waals surface area (Å²) in [4.78, 5) is 11.7. The van der Waals surface area contributed by atoms with Crippen molar-refractivity contribution >= 4 is 21.5 Å². The quantitative estimate of drug-likeness (QED) is 0.673. The van der Waals surface area contributed by atoms with Gasteiger partial charge >= 0.3 is 0 Å². The molecule has 1 aliphatic heterocycles. The van der Waals surface area contributed by atoms with Crippen LogP contribution in [0.2, 0.25) is 0 Å². The Balaban J connectivity index is 1.94. The Hall–Kier alpha value is -1.83. The predicted molar refractivity (Wildman–Crippen MR) is 78.1 cm³/mol. The van der Waals surface area contributed by atoms with Gasteiger partial charge in [-0.2, -0.15) is 5.10 Å². The predicted octanol–water partition coefficient (Wildman–Crippen LogP) is 1.63. The Labute approximate surface area is 127 Å². The molecule has 0 saturated carbocycles. The van der Waals surface area contributed by atoms with E-state index in [1.807, 2.05) is 0 Å². The van der Waals surface area contributed by atoms with E-state index in [9.17, 15) is 22.0 Å². The summed E-state index contributed by atoms with van der Waals surface area (Å²) in [6.45, 7) is 1.48. The molecule has 0 aromatic heterocycles. The van der Waals surface area contributed by atoms with E-state index in [0.717, 1.165) is 12.1 Å². The summed E-state index contributed by atoms with van der Waals surface area (Å²) in [5.74, 6) is -1.98. The van der Waals surface area contributed by atoms with Crippen LogP contribution in [0, 0.1) is 17.6 Å². The number of benzene rings is 1. The molecular formula is C14H16F2N2O3S. The summed E-state index contributed by atoms with van der Waals surface area (Å²) in [5.41, 5.74) is 2.56. The van der Waals surface area contributed by atoms with Gasteiger partial charge in [-0.1, -0.05) is 0 Å². The fraction of sp³-hybridized carbons (Fsp3) is 0.429. The number of sulfone groups is 1. The van der Waals surface area contributed by atoms with Crippen molar-refractivity contribution in [3.05, 3.63) is 35.4 Å². The third kappa shape index (κ3) is 4.33. The molecule has 0 aliphatic carbocycles. The van der Waals surface area contributed by atoms with E-state index >= 15 is 0 Å². The molecule has 1 aromatic rings. The lowest BCUT2D eigenvalue weighted by atomic mass is 10.1. The average molecular weight is 330 g/mol. The molecule has 0 bridgehead atoms. The fourth-order valence-corrected chi connectivity index (χ4v) is 4.19. The first-order valence-electron chi connectivity index (χ1n) is 6.76. The first-order valence-corrected chi connectivity index (χ1v) is 8.58. The Morgan fingerprint density at radius 2 is 2.14 bits per heavy atom. The van der Waals surface area contributed by atoms with Gasteiger partial charge in [-0.15, -0.1) is 0 Å². The molecule has 1 amide bonds. The Morgan fingerprint density at radius 1 is 1.41 bits per heavy atom. The van der Waals surface area contributed by atoms with Crippen molar-refractivity contribution in [1.29, 1.82) is 0 Å². The molecule has 8 heteroatoms. The third-order valence-electron chi connectivity index (χ3n) is 3.47. The average Bonchev–Trinajstić information content (AvgIpc) is 2.75. The lowest BCUT2D eigenvalue weighted by molar-refractivity contribution is -0.121. The zero-order valence-corrected chi connectivity index (χ0v) is 12.8. The Bertz CT molecular complexity index is 717. The number of rotatable bonds is 4. The zero-order chi connectivity index (χ0) is 16.3. The maximum Gasteiger partial charge on any atom is 0.240 e. The molecular weight excluding hydrogens is 314 g/mol. The van der Waals surface area contributed by atoms with Crippen LogP contribution in [-0.4, -0.2) is 31.5 Å². The second-order valence-corrected chi connectivity index (χ2v) is 7.56. The van der Waals surface area contributed by atoms with E-state index in [2.05, 4.69) is 10.5 Å². The van der Waals surface area contributed by atoms with Gasteiger partial charge in [-0.3, -0.25) is 4.79 Å². The number of carbonyl (C=O) groups excluding carboxylic acids is 1. The molecule has 0 unspecified atom stereocenters. The number of hydrogen-bond donors (Lipinski definition) is 1.